The van der Waals surface area contributed by atoms with Crippen molar-refractivity contribution in [3.05, 3.63) is 52.0 Å². The van der Waals surface area contributed by atoms with E-state index in [9.17, 15) is 9.59 Å². The molecule has 25 heavy (non-hydrogen) atoms. The average Bonchev–Trinajstić information content (AvgIpc) is 2.55. The van der Waals surface area contributed by atoms with E-state index in [4.69, 9.17) is 10.5 Å². The highest BCUT2D eigenvalue weighted by Gasteiger charge is 2.08. The minimum absolute atomic E-state index is 0.114. The monoisotopic (exact) mass is 422 g/mol. The number of carbonyl (C=O) groups excluding carboxylic acids is 2. The Labute approximate surface area is 159 Å². The summed E-state index contributed by atoms with van der Waals surface area (Å²) in [4.78, 5) is 24.0. The number of hydrogen-bond donors (Lipinski definition) is 2. The second kappa shape index (κ2) is 8.92. The summed E-state index contributed by atoms with van der Waals surface area (Å²) in [6, 6.07) is 11.0. The predicted molar refractivity (Wildman–Crippen MR) is 104 cm³/mol. The molecular formula is C18H19BrN2O3S. The maximum absolute atomic E-state index is 12.2. The van der Waals surface area contributed by atoms with Crippen molar-refractivity contribution in [3.8, 4) is 5.75 Å². The number of halogens is 1. The molecule has 2 amide bonds. The molecule has 132 valence electrons. The molecule has 0 saturated carbocycles. The summed E-state index contributed by atoms with van der Waals surface area (Å²) < 4.78 is 6.29. The van der Waals surface area contributed by atoms with Gasteiger partial charge in [-0.25, -0.2) is 0 Å². The highest BCUT2D eigenvalue weighted by Crippen LogP contribution is 2.28. The van der Waals surface area contributed by atoms with Crippen molar-refractivity contribution in [2.45, 2.75) is 18.7 Å². The number of thioether (sulfide) groups is 1. The molecule has 0 atom stereocenters. The third kappa shape index (κ3) is 6.10. The molecule has 2 aromatic carbocycles. The third-order valence-corrected chi connectivity index (χ3v) is 5.33. The van der Waals surface area contributed by atoms with E-state index in [1.807, 2.05) is 13.8 Å². The topological polar surface area (TPSA) is 81.4 Å². The number of ether oxygens (including phenoxy) is 1. The maximum Gasteiger partial charge on any atom is 0.255 e. The van der Waals surface area contributed by atoms with Gasteiger partial charge in [-0.15, -0.1) is 11.8 Å². The molecule has 2 aromatic rings. The zero-order valence-corrected chi connectivity index (χ0v) is 16.4. The Morgan fingerprint density at radius 3 is 2.68 bits per heavy atom. The van der Waals surface area contributed by atoms with Crippen LogP contribution in [0.3, 0.4) is 0 Å². The Morgan fingerprint density at radius 1 is 1.20 bits per heavy atom. The molecule has 7 heteroatoms. The van der Waals surface area contributed by atoms with Gasteiger partial charge in [-0.05, 0) is 49.2 Å². The largest absolute Gasteiger partial charge is 0.484 e. The van der Waals surface area contributed by atoms with Gasteiger partial charge in [0.2, 0.25) is 5.91 Å². The van der Waals surface area contributed by atoms with Crippen LogP contribution in [0.15, 0.2) is 45.8 Å². The van der Waals surface area contributed by atoms with E-state index in [-0.39, 0.29) is 12.5 Å². The van der Waals surface area contributed by atoms with Crippen LogP contribution in [0.4, 0.5) is 5.69 Å². The van der Waals surface area contributed by atoms with Gasteiger partial charge in [0.25, 0.3) is 5.91 Å². The molecule has 0 aromatic heterocycles. The van der Waals surface area contributed by atoms with Crippen LogP contribution in [0.1, 0.15) is 11.1 Å². The second-order valence-electron chi connectivity index (χ2n) is 5.49. The summed E-state index contributed by atoms with van der Waals surface area (Å²) in [6.45, 7) is 3.84. The van der Waals surface area contributed by atoms with Gasteiger partial charge >= 0.3 is 0 Å². The van der Waals surface area contributed by atoms with Crippen LogP contribution < -0.4 is 15.8 Å². The molecule has 3 N–H and O–H groups in total. The first-order chi connectivity index (χ1) is 11.8. The van der Waals surface area contributed by atoms with Gasteiger partial charge in [0.15, 0.2) is 6.61 Å². The van der Waals surface area contributed by atoms with Gasteiger partial charge in [0.1, 0.15) is 5.75 Å². The SMILES string of the molecule is Cc1cc(SCC(=O)Nc2cccc(OCC(N)=O)c2)c(C)cc1Br. The van der Waals surface area contributed by atoms with Crippen LogP contribution in [0.2, 0.25) is 0 Å². The number of hydrogen-bond acceptors (Lipinski definition) is 4. The first-order valence-electron chi connectivity index (χ1n) is 7.55. The number of carbonyl (C=O) groups is 2. The molecular weight excluding hydrogens is 404 g/mol. The van der Waals surface area contributed by atoms with Gasteiger partial charge < -0.3 is 15.8 Å². The lowest BCUT2D eigenvalue weighted by atomic mass is 10.2. The summed E-state index contributed by atoms with van der Waals surface area (Å²) in [6.07, 6.45) is 0. The van der Waals surface area contributed by atoms with Crippen LogP contribution in [-0.4, -0.2) is 24.2 Å². The molecule has 0 spiro atoms. The normalized spacial score (nSPS) is 10.4. The number of benzene rings is 2. The fourth-order valence-electron chi connectivity index (χ4n) is 2.07. The Morgan fingerprint density at radius 2 is 1.96 bits per heavy atom. The van der Waals surface area contributed by atoms with Crippen molar-refractivity contribution in [2.24, 2.45) is 5.73 Å². The summed E-state index contributed by atoms with van der Waals surface area (Å²) >= 11 is 4.99. The molecule has 5 nitrogen and oxygen atoms in total. The molecule has 0 radical (unpaired) electrons. The number of aryl methyl sites for hydroxylation is 2. The lowest BCUT2D eigenvalue weighted by Crippen LogP contribution is -2.20. The van der Waals surface area contributed by atoms with Gasteiger partial charge in [-0.1, -0.05) is 22.0 Å². The molecule has 0 fully saturated rings. The number of primary amides is 1. The highest BCUT2D eigenvalue weighted by molar-refractivity contribution is 9.10. The number of nitrogens with one attached hydrogen (secondary N) is 1. The van der Waals surface area contributed by atoms with Crippen LogP contribution in [0.25, 0.3) is 0 Å². The third-order valence-electron chi connectivity index (χ3n) is 3.31. The zero-order valence-electron chi connectivity index (χ0n) is 14.0. The summed E-state index contributed by atoms with van der Waals surface area (Å²) in [5, 5.41) is 2.82. The van der Waals surface area contributed by atoms with Crippen molar-refractivity contribution < 1.29 is 14.3 Å². The Kier molecular flexibility index (Phi) is 6.90. The van der Waals surface area contributed by atoms with Crippen molar-refractivity contribution in [1.82, 2.24) is 0 Å². The molecule has 0 bridgehead atoms. The number of amides is 2. The van der Waals surface area contributed by atoms with Crippen LogP contribution in [0.5, 0.6) is 5.75 Å². The van der Waals surface area contributed by atoms with E-state index >= 15 is 0 Å². The minimum Gasteiger partial charge on any atom is -0.484 e. The molecule has 0 aliphatic carbocycles. The lowest BCUT2D eigenvalue weighted by Gasteiger charge is -2.10. The van der Waals surface area contributed by atoms with Crippen LogP contribution >= 0.6 is 27.7 Å². The molecule has 0 aliphatic rings. The van der Waals surface area contributed by atoms with Crippen LogP contribution in [-0.2, 0) is 9.59 Å². The van der Waals surface area contributed by atoms with E-state index in [1.54, 1.807) is 24.3 Å². The number of nitrogens with two attached hydrogens (primary N) is 1. The molecule has 0 aliphatic heterocycles. The molecule has 0 heterocycles. The van der Waals surface area contributed by atoms with Crippen molar-refractivity contribution in [1.29, 1.82) is 0 Å². The van der Waals surface area contributed by atoms with Gasteiger partial charge in [-0.2, -0.15) is 0 Å². The van der Waals surface area contributed by atoms with E-state index in [0.29, 0.717) is 17.2 Å². The van der Waals surface area contributed by atoms with E-state index in [2.05, 4.69) is 33.4 Å². The first-order valence-corrected chi connectivity index (χ1v) is 9.33. The van der Waals surface area contributed by atoms with Crippen molar-refractivity contribution in [3.63, 3.8) is 0 Å². The van der Waals surface area contributed by atoms with Crippen molar-refractivity contribution >= 4 is 45.2 Å². The Hall–Kier alpha value is -1.99. The number of rotatable bonds is 7. The minimum atomic E-state index is -0.550. The van der Waals surface area contributed by atoms with E-state index < -0.39 is 5.91 Å². The summed E-state index contributed by atoms with van der Waals surface area (Å²) in [7, 11) is 0. The Balaban J connectivity index is 1.93. The van der Waals surface area contributed by atoms with Crippen molar-refractivity contribution in [2.75, 3.05) is 17.7 Å². The van der Waals surface area contributed by atoms with E-state index in [1.165, 1.54) is 11.8 Å². The van der Waals surface area contributed by atoms with Gasteiger partial charge in [0, 0.05) is 21.1 Å². The quantitative estimate of drug-likeness (QED) is 0.666. The highest BCUT2D eigenvalue weighted by atomic mass is 79.9. The maximum atomic E-state index is 12.2. The standard InChI is InChI=1S/C18H19BrN2O3S/c1-11-7-16(12(2)6-15(11)19)25-10-18(23)21-13-4-3-5-14(8-13)24-9-17(20)22/h3-8H,9-10H2,1-2H3,(H2,20,22)(H,21,23). The summed E-state index contributed by atoms with van der Waals surface area (Å²) in [5.41, 5.74) is 7.91. The molecule has 2 rings (SSSR count). The van der Waals surface area contributed by atoms with Gasteiger partial charge in [-0.3, -0.25) is 9.59 Å². The lowest BCUT2D eigenvalue weighted by molar-refractivity contribution is -0.120. The molecule has 0 unspecified atom stereocenters. The fraction of sp³-hybridized carbons (Fsp3) is 0.222. The smallest absolute Gasteiger partial charge is 0.255 e. The Bertz CT molecular complexity index is 796. The van der Waals surface area contributed by atoms with E-state index in [0.717, 1.165) is 20.5 Å². The number of anilines is 1. The second-order valence-corrected chi connectivity index (χ2v) is 7.36. The molecule has 0 saturated heterocycles. The first kappa shape index (κ1) is 19.3. The summed E-state index contributed by atoms with van der Waals surface area (Å²) in [5.74, 6) is 0.112. The van der Waals surface area contributed by atoms with Gasteiger partial charge in [0.05, 0.1) is 5.75 Å². The predicted octanol–water partition coefficient (Wildman–Crippen LogP) is 3.66. The fourth-order valence-corrected chi connectivity index (χ4v) is 3.43. The zero-order chi connectivity index (χ0) is 18.4. The van der Waals surface area contributed by atoms with Crippen LogP contribution in [0, 0.1) is 13.8 Å². The average molecular weight is 423 g/mol.